The van der Waals surface area contributed by atoms with Crippen molar-refractivity contribution in [3.63, 3.8) is 0 Å². The SMILES string of the molecule is O=C(O)C(Cc1cccc(Br)n1)NC(=O)C(F)(F)F. The molecule has 1 aromatic rings. The van der Waals surface area contributed by atoms with E-state index in [1.807, 2.05) is 0 Å². The summed E-state index contributed by atoms with van der Waals surface area (Å²) in [6.07, 6.45) is -5.48. The first-order valence-corrected chi connectivity index (χ1v) is 5.71. The van der Waals surface area contributed by atoms with Crippen molar-refractivity contribution in [2.75, 3.05) is 0 Å². The first-order valence-electron chi connectivity index (χ1n) is 4.92. The van der Waals surface area contributed by atoms with Gasteiger partial charge in [0.25, 0.3) is 0 Å². The van der Waals surface area contributed by atoms with Crippen molar-refractivity contribution in [3.05, 3.63) is 28.5 Å². The molecule has 5 nitrogen and oxygen atoms in total. The second-order valence-corrected chi connectivity index (χ2v) is 4.33. The lowest BCUT2D eigenvalue weighted by Crippen LogP contribution is -2.48. The fraction of sp³-hybridized carbons (Fsp3) is 0.300. The van der Waals surface area contributed by atoms with Gasteiger partial charge in [-0.15, -0.1) is 0 Å². The van der Waals surface area contributed by atoms with Crippen LogP contribution >= 0.6 is 15.9 Å². The molecule has 9 heteroatoms. The Balaban J connectivity index is 2.80. The van der Waals surface area contributed by atoms with E-state index in [2.05, 4.69) is 20.9 Å². The summed E-state index contributed by atoms with van der Waals surface area (Å²) >= 11 is 3.05. The third kappa shape index (κ3) is 4.86. The van der Waals surface area contributed by atoms with Gasteiger partial charge in [-0.1, -0.05) is 6.07 Å². The first-order chi connectivity index (χ1) is 8.70. The number of amides is 1. The molecule has 0 aliphatic heterocycles. The largest absolute Gasteiger partial charge is 0.480 e. The summed E-state index contributed by atoms with van der Waals surface area (Å²) < 4.78 is 36.6. The Kier molecular flexibility index (Phi) is 4.87. The number of rotatable bonds is 4. The predicted molar refractivity (Wildman–Crippen MR) is 61.3 cm³/mol. The molecule has 0 aliphatic carbocycles. The Morgan fingerprint density at radius 1 is 1.42 bits per heavy atom. The second-order valence-electron chi connectivity index (χ2n) is 3.52. The molecule has 1 heterocycles. The first kappa shape index (κ1) is 15.4. The zero-order valence-electron chi connectivity index (χ0n) is 9.24. The van der Waals surface area contributed by atoms with Gasteiger partial charge in [0, 0.05) is 12.1 Å². The number of halogens is 4. The quantitative estimate of drug-likeness (QED) is 0.814. The number of nitrogens with zero attached hydrogens (tertiary/aromatic N) is 1. The molecule has 1 rings (SSSR count). The van der Waals surface area contributed by atoms with Gasteiger partial charge in [-0.25, -0.2) is 9.78 Å². The molecule has 0 bridgehead atoms. The van der Waals surface area contributed by atoms with Crippen LogP contribution in [-0.4, -0.2) is 34.2 Å². The zero-order valence-corrected chi connectivity index (χ0v) is 10.8. The van der Waals surface area contributed by atoms with Gasteiger partial charge in [0.05, 0.1) is 0 Å². The van der Waals surface area contributed by atoms with Crippen LogP contribution in [0.2, 0.25) is 0 Å². The minimum absolute atomic E-state index is 0.240. The van der Waals surface area contributed by atoms with Crippen LogP contribution in [0, 0.1) is 0 Å². The number of aliphatic carboxylic acids is 1. The summed E-state index contributed by atoms with van der Waals surface area (Å²) in [6, 6.07) is 2.88. The van der Waals surface area contributed by atoms with Gasteiger partial charge in [0.1, 0.15) is 10.6 Å². The molecule has 0 saturated carbocycles. The molecule has 0 saturated heterocycles. The fourth-order valence-corrected chi connectivity index (χ4v) is 1.59. The van der Waals surface area contributed by atoms with Crippen LogP contribution in [-0.2, 0) is 16.0 Å². The Labute approximate surface area is 114 Å². The van der Waals surface area contributed by atoms with E-state index in [1.54, 1.807) is 12.1 Å². The Morgan fingerprint density at radius 2 is 2.05 bits per heavy atom. The maximum absolute atomic E-state index is 12.0. The minimum Gasteiger partial charge on any atom is -0.480 e. The molecule has 0 aromatic carbocycles. The molecule has 2 N–H and O–H groups in total. The lowest BCUT2D eigenvalue weighted by molar-refractivity contribution is -0.175. The number of hydrogen-bond donors (Lipinski definition) is 2. The Morgan fingerprint density at radius 3 is 2.53 bits per heavy atom. The molecule has 0 fully saturated rings. The number of aromatic nitrogens is 1. The Bertz CT molecular complexity index is 493. The van der Waals surface area contributed by atoms with E-state index in [0.717, 1.165) is 0 Å². The average Bonchev–Trinajstić information content (AvgIpc) is 2.26. The van der Waals surface area contributed by atoms with Crippen LogP contribution in [0.3, 0.4) is 0 Å². The van der Waals surface area contributed by atoms with Gasteiger partial charge in [0.15, 0.2) is 0 Å². The summed E-state index contributed by atoms with van der Waals surface area (Å²) in [6.45, 7) is 0. The van der Waals surface area contributed by atoms with Crippen molar-refractivity contribution in [1.29, 1.82) is 0 Å². The van der Waals surface area contributed by atoms with Crippen molar-refractivity contribution in [2.24, 2.45) is 0 Å². The van der Waals surface area contributed by atoms with Crippen LogP contribution < -0.4 is 5.32 Å². The highest BCUT2D eigenvalue weighted by atomic mass is 79.9. The van der Waals surface area contributed by atoms with Crippen molar-refractivity contribution >= 4 is 27.8 Å². The molecule has 19 heavy (non-hydrogen) atoms. The topological polar surface area (TPSA) is 79.3 Å². The van der Waals surface area contributed by atoms with Crippen molar-refractivity contribution in [2.45, 2.75) is 18.6 Å². The van der Waals surface area contributed by atoms with Gasteiger partial charge >= 0.3 is 18.1 Å². The molecule has 1 amide bonds. The number of carbonyl (C=O) groups is 2. The molecular formula is C10H8BrF3N2O3. The smallest absolute Gasteiger partial charge is 0.471 e. The van der Waals surface area contributed by atoms with Crippen molar-refractivity contribution < 1.29 is 27.9 Å². The normalized spacial score (nSPS) is 12.8. The summed E-state index contributed by atoms with van der Waals surface area (Å²) in [5.74, 6) is -3.87. The summed E-state index contributed by atoms with van der Waals surface area (Å²) in [5.41, 5.74) is 0.240. The Hall–Kier alpha value is -1.64. The summed E-state index contributed by atoms with van der Waals surface area (Å²) in [5, 5.41) is 10.2. The monoisotopic (exact) mass is 340 g/mol. The molecule has 1 unspecified atom stereocenters. The standard InChI is InChI=1S/C10H8BrF3N2O3/c11-7-3-1-2-5(15-7)4-6(8(17)18)16-9(19)10(12,13)14/h1-3,6H,4H2,(H,16,19)(H,17,18). The van der Waals surface area contributed by atoms with Crippen LogP contribution in [0.25, 0.3) is 0 Å². The highest BCUT2D eigenvalue weighted by molar-refractivity contribution is 9.10. The number of carboxylic acids is 1. The highest BCUT2D eigenvalue weighted by Crippen LogP contribution is 2.15. The molecule has 0 aliphatic rings. The third-order valence-electron chi connectivity index (χ3n) is 2.05. The summed E-state index contributed by atoms with van der Waals surface area (Å²) in [4.78, 5) is 25.4. The number of hydrogen-bond acceptors (Lipinski definition) is 3. The average molecular weight is 341 g/mol. The van der Waals surface area contributed by atoms with Gasteiger partial charge < -0.3 is 10.4 Å². The van der Waals surface area contributed by atoms with E-state index < -0.39 is 24.1 Å². The lowest BCUT2D eigenvalue weighted by Gasteiger charge is -2.15. The van der Waals surface area contributed by atoms with Gasteiger partial charge in [0.2, 0.25) is 0 Å². The third-order valence-corrected chi connectivity index (χ3v) is 2.49. The van der Waals surface area contributed by atoms with E-state index in [0.29, 0.717) is 4.60 Å². The van der Waals surface area contributed by atoms with Crippen LogP contribution in [0.4, 0.5) is 13.2 Å². The van der Waals surface area contributed by atoms with Gasteiger partial charge in [-0.05, 0) is 28.1 Å². The van der Waals surface area contributed by atoms with E-state index in [-0.39, 0.29) is 12.1 Å². The number of alkyl halides is 3. The van der Waals surface area contributed by atoms with Crippen LogP contribution in [0.5, 0.6) is 0 Å². The van der Waals surface area contributed by atoms with Crippen LogP contribution in [0.1, 0.15) is 5.69 Å². The predicted octanol–water partition coefficient (Wildman–Crippen LogP) is 1.52. The minimum atomic E-state index is -5.13. The molecule has 0 spiro atoms. The van der Waals surface area contributed by atoms with E-state index in [9.17, 15) is 22.8 Å². The molecule has 0 radical (unpaired) electrons. The zero-order chi connectivity index (χ0) is 14.6. The van der Waals surface area contributed by atoms with Gasteiger partial charge in [-0.2, -0.15) is 13.2 Å². The van der Waals surface area contributed by atoms with Crippen molar-refractivity contribution in [1.82, 2.24) is 10.3 Å². The van der Waals surface area contributed by atoms with E-state index in [1.165, 1.54) is 11.4 Å². The summed E-state index contributed by atoms with van der Waals surface area (Å²) in [7, 11) is 0. The maximum Gasteiger partial charge on any atom is 0.471 e. The fourth-order valence-electron chi connectivity index (χ4n) is 1.21. The maximum atomic E-state index is 12.0. The number of carboxylic acid groups (broad SMARTS) is 1. The number of pyridine rings is 1. The van der Waals surface area contributed by atoms with Crippen molar-refractivity contribution in [3.8, 4) is 0 Å². The van der Waals surface area contributed by atoms with Crippen LogP contribution in [0.15, 0.2) is 22.8 Å². The molecule has 1 atom stereocenters. The number of nitrogens with one attached hydrogen (secondary N) is 1. The molecular weight excluding hydrogens is 333 g/mol. The highest BCUT2D eigenvalue weighted by Gasteiger charge is 2.40. The lowest BCUT2D eigenvalue weighted by atomic mass is 10.1. The second kappa shape index (κ2) is 6.00. The van der Waals surface area contributed by atoms with E-state index in [4.69, 9.17) is 5.11 Å². The molecule has 1 aromatic heterocycles. The number of carbonyl (C=O) groups excluding carboxylic acids is 1. The van der Waals surface area contributed by atoms with Gasteiger partial charge in [-0.3, -0.25) is 4.79 Å². The molecule has 104 valence electrons. The van der Waals surface area contributed by atoms with E-state index >= 15 is 0 Å².